The van der Waals surface area contributed by atoms with Gasteiger partial charge < -0.3 is 10.1 Å². The molecule has 0 radical (unpaired) electrons. The number of nitrogens with one attached hydrogen (secondary N) is 1. The summed E-state index contributed by atoms with van der Waals surface area (Å²) in [6.07, 6.45) is 1.53. The molecule has 2 aromatic carbocycles. The van der Waals surface area contributed by atoms with Gasteiger partial charge >= 0.3 is 0 Å². The summed E-state index contributed by atoms with van der Waals surface area (Å²) in [5, 5.41) is 3.85. The summed E-state index contributed by atoms with van der Waals surface area (Å²) >= 11 is 6.08. The van der Waals surface area contributed by atoms with Crippen LogP contribution in [0.15, 0.2) is 48.7 Å². The van der Waals surface area contributed by atoms with E-state index >= 15 is 0 Å². The molecule has 0 bridgehead atoms. The van der Waals surface area contributed by atoms with Gasteiger partial charge in [-0.3, -0.25) is 14.2 Å². The molecule has 0 saturated heterocycles. The van der Waals surface area contributed by atoms with E-state index in [0.717, 1.165) is 0 Å². The highest BCUT2D eigenvalue weighted by Gasteiger charge is 2.18. The zero-order valence-electron chi connectivity index (χ0n) is 13.2. The molecule has 0 aliphatic rings. The van der Waals surface area contributed by atoms with E-state index in [9.17, 15) is 9.59 Å². The molecule has 1 aromatic heterocycles. The average Bonchev–Trinajstić information content (AvgIpc) is 2.96. The van der Waals surface area contributed by atoms with Crippen LogP contribution in [0.2, 0.25) is 5.02 Å². The number of para-hydroxylation sites is 1. The Morgan fingerprint density at radius 3 is 2.58 bits per heavy atom. The van der Waals surface area contributed by atoms with Gasteiger partial charge in [0.15, 0.2) is 0 Å². The van der Waals surface area contributed by atoms with E-state index in [2.05, 4.69) is 5.32 Å². The van der Waals surface area contributed by atoms with Gasteiger partial charge in [0.25, 0.3) is 5.91 Å². The highest BCUT2D eigenvalue weighted by Crippen LogP contribution is 2.28. The van der Waals surface area contributed by atoms with Crippen LogP contribution < -0.4 is 10.1 Å². The van der Waals surface area contributed by atoms with Crippen LogP contribution in [0.25, 0.3) is 10.9 Å². The molecule has 24 heavy (non-hydrogen) atoms. The van der Waals surface area contributed by atoms with Crippen molar-refractivity contribution in [2.24, 2.45) is 0 Å². The SMILES string of the molecule is COc1ccc2c(c1)c(C(=O)Nc1ccccc1Cl)cn2C(C)=O. The van der Waals surface area contributed by atoms with Crippen molar-refractivity contribution < 1.29 is 14.3 Å². The second-order valence-corrected chi connectivity index (χ2v) is 5.66. The second-order valence-electron chi connectivity index (χ2n) is 5.25. The number of nitrogens with zero attached hydrogens (tertiary/aromatic N) is 1. The Balaban J connectivity index is 2.09. The number of ether oxygens (including phenoxy) is 1. The molecule has 1 heterocycles. The zero-order valence-corrected chi connectivity index (χ0v) is 13.9. The number of carbonyl (C=O) groups is 2. The molecule has 122 valence electrons. The van der Waals surface area contributed by atoms with Gasteiger partial charge in [-0.05, 0) is 30.3 Å². The first-order valence-corrected chi connectivity index (χ1v) is 7.65. The molecule has 0 saturated carbocycles. The Kier molecular flexibility index (Phi) is 4.27. The van der Waals surface area contributed by atoms with Crippen molar-refractivity contribution >= 4 is 40.0 Å². The number of rotatable bonds is 3. The topological polar surface area (TPSA) is 60.3 Å². The van der Waals surface area contributed by atoms with Crippen molar-refractivity contribution in [3.05, 3.63) is 59.2 Å². The fraction of sp³-hybridized carbons (Fsp3) is 0.111. The van der Waals surface area contributed by atoms with E-state index in [-0.39, 0.29) is 11.8 Å². The van der Waals surface area contributed by atoms with Gasteiger partial charge in [0.1, 0.15) is 5.75 Å². The molecule has 0 unspecified atom stereocenters. The summed E-state index contributed by atoms with van der Waals surface area (Å²) < 4.78 is 6.66. The van der Waals surface area contributed by atoms with Crippen molar-refractivity contribution in [3.63, 3.8) is 0 Å². The first kappa shape index (κ1) is 16.1. The average molecular weight is 343 g/mol. The minimum Gasteiger partial charge on any atom is -0.497 e. The first-order chi connectivity index (χ1) is 11.5. The highest BCUT2D eigenvalue weighted by molar-refractivity contribution is 6.34. The standard InChI is InChI=1S/C18H15ClN2O3/c1-11(22)21-10-14(13-9-12(24-2)7-8-17(13)21)18(23)20-16-6-4-3-5-15(16)19/h3-10H,1-2H3,(H,20,23). The maximum atomic E-state index is 12.7. The molecule has 0 aliphatic carbocycles. The normalized spacial score (nSPS) is 10.6. The third-order valence-corrected chi connectivity index (χ3v) is 4.05. The van der Waals surface area contributed by atoms with E-state index in [4.69, 9.17) is 16.3 Å². The van der Waals surface area contributed by atoms with Crippen molar-refractivity contribution in [3.8, 4) is 5.75 Å². The van der Waals surface area contributed by atoms with Gasteiger partial charge in [-0.1, -0.05) is 23.7 Å². The van der Waals surface area contributed by atoms with Crippen LogP contribution in [0.5, 0.6) is 5.75 Å². The Labute approximate surface area is 143 Å². The summed E-state index contributed by atoms with van der Waals surface area (Å²) in [4.78, 5) is 24.5. The lowest BCUT2D eigenvalue weighted by molar-refractivity contribution is 0.0941. The lowest BCUT2D eigenvalue weighted by Gasteiger charge is -2.06. The number of hydrogen-bond acceptors (Lipinski definition) is 3. The number of amides is 1. The monoisotopic (exact) mass is 342 g/mol. The summed E-state index contributed by atoms with van der Waals surface area (Å²) in [6.45, 7) is 1.44. The number of hydrogen-bond donors (Lipinski definition) is 1. The van der Waals surface area contributed by atoms with Crippen LogP contribution >= 0.6 is 11.6 Å². The van der Waals surface area contributed by atoms with E-state index < -0.39 is 0 Å². The molecular formula is C18H15ClN2O3. The van der Waals surface area contributed by atoms with Crippen LogP contribution in [-0.4, -0.2) is 23.5 Å². The fourth-order valence-electron chi connectivity index (χ4n) is 2.53. The number of halogens is 1. The van der Waals surface area contributed by atoms with Crippen LogP contribution in [0.3, 0.4) is 0 Å². The summed E-state index contributed by atoms with van der Waals surface area (Å²) in [5.74, 6) is 0.0823. The van der Waals surface area contributed by atoms with Gasteiger partial charge in [-0.25, -0.2) is 0 Å². The molecule has 0 fully saturated rings. The van der Waals surface area contributed by atoms with Crippen molar-refractivity contribution in [2.75, 3.05) is 12.4 Å². The fourth-order valence-corrected chi connectivity index (χ4v) is 2.71. The smallest absolute Gasteiger partial charge is 0.257 e. The molecule has 1 N–H and O–H groups in total. The van der Waals surface area contributed by atoms with Crippen LogP contribution in [-0.2, 0) is 0 Å². The van der Waals surface area contributed by atoms with Crippen LogP contribution in [0.1, 0.15) is 22.1 Å². The van der Waals surface area contributed by atoms with Crippen LogP contribution in [0, 0.1) is 0 Å². The van der Waals surface area contributed by atoms with Crippen LogP contribution in [0.4, 0.5) is 5.69 Å². The van der Waals surface area contributed by atoms with Gasteiger partial charge in [0.2, 0.25) is 5.91 Å². The number of benzene rings is 2. The summed E-state index contributed by atoms with van der Waals surface area (Å²) in [5.41, 5.74) is 1.53. The van der Waals surface area contributed by atoms with Crippen molar-refractivity contribution in [1.82, 2.24) is 4.57 Å². The molecule has 6 heteroatoms. The highest BCUT2D eigenvalue weighted by atomic mass is 35.5. The molecule has 0 spiro atoms. The third kappa shape index (κ3) is 2.86. The van der Waals surface area contributed by atoms with Gasteiger partial charge in [-0.15, -0.1) is 0 Å². The van der Waals surface area contributed by atoms with Crippen molar-refractivity contribution in [2.45, 2.75) is 6.92 Å². The number of carbonyl (C=O) groups excluding carboxylic acids is 2. The molecule has 3 aromatic rings. The lowest BCUT2D eigenvalue weighted by atomic mass is 10.1. The third-order valence-electron chi connectivity index (χ3n) is 3.72. The lowest BCUT2D eigenvalue weighted by Crippen LogP contribution is -2.12. The second kappa shape index (κ2) is 6.37. The largest absolute Gasteiger partial charge is 0.497 e. The van der Waals surface area contributed by atoms with E-state index in [0.29, 0.717) is 32.9 Å². The summed E-state index contributed by atoms with van der Waals surface area (Å²) in [7, 11) is 1.55. The Morgan fingerprint density at radius 1 is 1.17 bits per heavy atom. The van der Waals surface area contributed by atoms with E-state index in [1.165, 1.54) is 17.7 Å². The molecule has 3 rings (SSSR count). The van der Waals surface area contributed by atoms with Gasteiger partial charge in [0.05, 0.1) is 28.9 Å². The number of aromatic nitrogens is 1. The molecule has 0 aliphatic heterocycles. The zero-order chi connectivity index (χ0) is 17.3. The number of methoxy groups -OCH3 is 1. The minimum absolute atomic E-state index is 0.179. The predicted octanol–water partition coefficient (Wildman–Crippen LogP) is 4.22. The quantitative estimate of drug-likeness (QED) is 0.775. The van der Waals surface area contributed by atoms with Gasteiger partial charge in [-0.2, -0.15) is 0 Å². The maximum absolute atomic E-state index is 12.7. The molecule has 5 nitrogen and oxygen atoms in total. The maximum Gasteiger partial charge on any atom is 0.257 e. The minimum atomic E-state index is -0.346. The first-order valence-electron chi connectivity index (χ1n) is 7.27. The van der Waals surface area contributed by atoms with E-state index in [1.807, 2.05) is 0 Å². The van der Waals surface area contributed by atoms with E-state index in [1.54, 1.807) is 49.6 Å². The number of fused-ring (bicyclic) bond motifs is 1. The molecular weight excluding hydrogens is 328 g/mol. The predicted molar refractivity (Wildman–Crippen MR) is 94.2 cm³/mol. The Hall–Kier alpha value is -2.79. The molecule has 1 amide bonds. The number of anilines is 1. The van der Waals surface area contributed by atoms with Gasteiger partial charge in [0, 0.05) is 18.5 Å². The Morgan fingerprint density at radius 2 is 1.92 bits per heavy atom. The Bertz CT molecular complexity index is 947. The summed E-state index contributed by atoms with van der Waals surface area (Å²) in [6, 6.07) is 12.2. The molecule has 0 atom stereocenters. The van der Waals surface area contributed by atoms with Crippen molar-refractivity contribution in [1.29, 1.82) is 0 Å².